The van der Waals surface area contributed by atoms with Crippen molar-refractivity contribution in [3.05, 3.63) is 39.4 Å². The summed E-state index contributed by atoms with van der Waals surface area (Å²) in [7, 11) is 0. The van der Waals surface area contributed by atoms with Crippen molar-refractivity contribution in [2.75, 3.05) is 6.54 Å². The Hall–Kier alpha value is -2.68. The number of rotatable bonds is 10. The maximum absolute atomic E-state index is 11.6. The number of nitrogens with zero attached hydrogens (tertiary/aromatic N) is 1. The second-order valence-corrected chi connectivity index (χ2v) is 5.26. The summed E-state index contributed by atoms with van der Waals surface area (Å²) in [4.78, 5) is 32.5. The summed E-state index contributed by atoms with van der Waals surface area (Å²) in [6.45, 7) is 0.189. The van der Waals surface area contributed by atoms with Gasteiger partial charge in [0, 0.05) is 25.6 Å². The van der Waals surface area contributed by atoms with E-state index < -0.39 is 11.5 Å². The number of hydrogen-bond donors (Lipinski definition) is 4. The number of carbonyl (C=O) groups is 2. The molecule has 0 radical (unpaired) electrons. The lowest BCUT2D eigenvalue weighted by atomic mass is 10.1. The summed E-state index contributed by atoms with van der Waals surface area (Å²) >= 11 is 0. The Morgan fingerprint density at radius 3 is 2.58 bits per heavy atom. The highest BCUT2D eigenvalue weighted by Gasteiger charge is 2.13. The fourth-order valence-corrected chi connectivity index (χ4v) is 2.07. The van der Waals surface area contributed by atoms with Gasteiger partial charge in [-0.1, -0.05) is 12.5 Å². The van der Waals surface area contributed by atoms with Crippen molar-refractivity contribution in [2.24, 2.45) is 5.73 Å². The predicted molar refractivity (Wildman–Crippen MR) is 86.9 cm³/mol. The lowest BCUT2D eigenvalue weighted by molar-refractivity contribution is -0.385. The molecule has 132 valence electrons. The van der Waals surface area contributed by atoms with Crippen LogP contribution in [0.15, 0.2) is 18.2 Å². The average molecular weight is 338 g/mol. The van der Waals surface area contributed by atoms with Gasteiger partial charge >= 0.3 is 6.03 Å². The zero-order chi connectivity index (χ0) is 17.9. The molecule has 24 heavy (non-hydrogen) atoms. The Morgan fingerprint density at radius 2 is 1.96 bits per heavy atom. The Morgan fingerprint density at radius 1 is 1.21 bits per heavy atom. The number of hydrogen-bond acceptors (Lipinski definition) is 5. The number of benzene rings is 1. The number of primary amides is 1. The molecule has 0 heterocycles. The van der Waals surface area contributed by atoms with E-state index in [1.807, 2.05) is 0 Å². The van der Waals surface area contributed by atoms with Crippen LogP contribution in [0.1, 0.15) is 36.8 Å². The fourth-order valence-electron chi connectivity index (χ4n) is 2.07. The first kappa shape index (κ1) is 19.4. The van der Waals surface area contributed by atoms with Crippen LogP contribution in [0.5, 0.6) is 0 Å². The SMILES string of the molecule is NC(=O)CCCCCNC(=O)NCc1ccc(CO)c([N+](=O)[O-])c1. The number of nitrogens with one attached hydrogen (secondary N) is 2. The van der Waals surface area contributed by atoms with Crippen molar-refractivity contribution in [1.29, 1.82) is 0 Å². The van der Waals surface area contributed by atoms with Gasteiger partial charge < -0.3 is 21.5 Å². The standard InChI is InChI=1S/C15H22N4O5/c16-14(21)4-2-1-3-7-17-15(22)18-9-11-5-6-12(10-20)13(8-11)19(23)24/h5-6,8,20H,1-4,7,9-10H2,(H2,16,21)(H2,17,18,22). The number of unbranched alkanes of at least 4 members (excludes halogenated alkanes) is 2. The minimum absolute atomic E-state index is 0.139. The molecule has 0 atom stereocenters. The molecule has 0 spiro atoms. The molecule has 9 heteroatoms. The molecular formula is C15H22N4O5. The van der Waals surface area contributed by atoms with E-state index in [1.165, 1.54) is 12.1 Å². The normalized spacial score (nSPS) is 10.2. The highest BCUT2D eigenvalue weighted by molar-refractivity contribution is 5.74. The molecule has 3 amide bonds. The molecule has 1 aromatic carbocycles. The minimum atomic E-state index is -0.568. The molecule has 1 aromatic rings. The van der Waals surface area contributed by atoms with Crippen LogP contribution in [0, 0.1) is 10.1 Å². The number of nitro benzene ring substituents is 1. The zero-order valence-electron chi connectivity index (χ0n) is 13.3. The molecule has 0 aliphatic rings. The number of nitrogens with two attached hydrogens (primary N) is 1. The molecule has 0 bridgehead atoms. The number of amides is 3. The summed E-state index contributed by atoms with van der Waals surface area (Å²) in [5.74, 6) is -0.331. The molecule has 0 fully saturated rings. The highest BCUT2D eigenvalue weighted by atomic mass is 16.6. The first-order valence-corrected chi connectivity index (χ1v) is 7.61. The minimum Gasteiger partial charge on any atom is -0.391 e. The molecule has 0 aliphatic heterocycles. The van der Waals surface area contributed by atoms with Gasteiger partial charge in [-0.15, -0.1) is 0 Å². The van der Waals surface area contributed by atoms with Gasteiger partial charge in [-0.3, -0.25) is 14.9 Å². The Balaban J connectivity index is 2.33. The zero-order valence-corrected chi connectivity index (χ0v) is 13.3. The van der Waals surface area contributed by atoms with Crippen molar-refractivity contribution < 1.29 is 19.6 Å². The smallest absolute Gasteiger partial charge is 0.315 e. The van der Waals surface area contributed by atoms with E-state index in [4.69, 9.17) is 10.8 Å². The molecule has 1 rings (SSSR count). The van der Waals surface area contributed by atoms with Crippen molar-refractivity contribution >= 4 is 17.6 Å². The van der Waals surface area contributed by atoms with Crippen LogP contribution >= 0.6 is 0 Å². The Labute approximate surface area is 139 Å². The molecule has 5 N–H and O–H groups in total. The molecular weight excluding hydrogens is 316 g/mol. The molecule has 0 saturated heterocycles. The third kappa shape index (κ3) is 7.05. The Kier molecular flexibility index (Phi) is 8.20. The number of carbonyl (C=O) groups excluding carboxylic acids is 2. The quantitative estimate of drug-likeness (QED) is 0.284. The molecule has 0 aromatic heterocycles. The second kappa shape index (κ2) is 10.2. The first-order chi connectivity index (χ1) is 11.4. The largest absolute Gasteiger partial charge is 0.391 e. The molecule has 0 aliphatic carbocycles. The highest BCUT2D eigenvalue weighted by Crippen LogP contribution is 2.20. The topological polar surface area (TPSA) is 148 Å². The summed E-state index contributed by atoms with van der Waals surface area (Å²) in [6.07, 6.45) is 2.56. The van der Waals surface area contributed by atoms with E-state index in [9.17, 15) is 19.7 Å². The van der Waals surface area contributed by atoms with Gasteiger partial charge in [0.15, 0.2) is 0 Å². The van der Waals surface area contributed by atoms with E-state index in [0.29, 0.717) is 24.9 Å². The van der Waals surface area contributed by atoms with E-state index in [0.717, 1.165) is 12.8 Å². The summed E-state index contributed by atoms with van der Waals surface area (Å²) in [5.41, 5.74) is 5.64. The third-order valence-electron chi connectivity index (χ3n) is 3.36. The maximum atomic E-state index is 11.6. The number of aliphatic hydroxyl groups excluding tert-OH is 1. The lowest BCUT2D eigenvalue weighted by Crippen LogP contribution is -2.35. The van der Waals surface area contributed by atoms with Crippen LogP contribution < -0.4 is 16.4 Å². The molecule has 0 unspecified atom stereocenters. The Bertz CT molecular complexity index is 591. The summed E-state index contributed by atoms with van der Waals surface area (Å²) in [6, 6.07) is 4.03. The first-order valence-electron chi connectivity index (χ1n) is 7.61. The number of aliphatic hydroxyl groups is 1. The number of nitro groups is 1. The maximum Gasteiger partial charge on any atom is 0.315 e. The average Bonchev–Trinajstić information content (AvgIpc) is 2.55. The fraction of sp³-hybridized carbons (Fsp3) is 0.467. The van der Waals surface area contributed by atoms with E-state index in [2.05, 4.69) is 10.6 Å². The van der Waals surface area contributed by atoms with Gasteiger partial charge in [-0.05, 0) is 24.5 Å². The summed E-state index contributed by atoms with van der Waals surface area (Å²) < 4.78 is 0. The predicted octanol–water partition coefficient (Wildman–Crippen LogP) is 0.932. The lowest BCUT2D eigenvalue weighted by Gasteiger charge is -2.08. The van der Waals surface area contributed by atoms with Crippen LogP contribution in [-0.2, 0) is 17.9 Å². The molecule has 0 saturated carbocycles. The summed E-state index contributed by atoms with van der Waals surface area (Å²) in [5, 5.41) is 25.2. The van der Waals surface area contributed by atoms with Gasteiger partial charge in [-0.2, -0.15) is 0 Å². The monoisotopic (exact) mass is 338 g/mol. The third-order valence-corrected chi connectivity index (χ3v) is 3.36. The second-order valence-electron chi connectivity index (χ2n) is 5.26. The van der Waals surface area contributed by atoms with Crippen molar-refractivity contribution in [3.8, 4) is 0 Å². The number of urea groups is 1. The van der Waals surface area contributed by atoms with Crippen LogP contribution in [0.4, 0.5) is 10.5 Å². The van der Waals surface area contributed by atoms with Crippen molar-refractivity contribution in [3.63, 3.8) is 0 Å². The van der Waals surface area contributed by atoms with Crippen molar-refractivity contribution in [1.82, 2.24) is 10.6 Å². The van der Waals surface area contributed by atoms with Crippen LogP contribution in [-0.4, -0.2) is 28.5 Å². The van der Waals surface area contributed by atoms with E-state index >= 15 is 0 Å². The van der Waals surface area contributed by atoms with Gasteiger partial charge in [0.05, 0.1) is 17.1 Å². The van der Waals surface area contributed by atoms with Gasteiger partial charge in [0.2, 0.25) is 5.91 Å². The van der Waals surface area contributed by atoms with E-state index in [1.54, 1.807) is 6.07 Å². The van der Waals surface area contributed by atoms with Gasteiger partial charge in [0.1, 0.15) is 0 Å². The van der Waals surface area contributed by atoms with E-state index in [-0.39, 0.29) is 29.7 Å². The van der Waals surface area contributed by atoms with Crippen LogP contribution in [0.2, 0.25) is 0 Å². The molecule has 9 nitrogen and oxygen atoms in total. The van der Waals surface area contributed by atoms with Gasteiger partial charge in [0.25, 0.3) is 5.69 Å². The van der Waals surface area contributed by atoms with Crippen LogP contribution in [0.3, 0.4) is 0 Å². The van der Waals surface area contributed by atoms with Gasteiger partial charge in [-0.25, -0.2) is 4.79 Å². The van der Waals surface area contributed by atoms with Crippen molar-refractivity contribution in [2.45, 2.75) is 38.8 Å². The van der Waals surface area contributed by atoms with Crippen LogP contribution in [0.25, 0.3) is 0 Å².